The number of aliphatic hydroxyl groups is 1. The highest BCUT2D eigenvalue weighted by atomic mass is 16.6. The molecule has 0 fully saturated rings. The summed E-state index contributed by atoms with van der Waals surface area (Å²) >= 11 is 0. The van der Waals surface area contributed by atoms with Gasteiger partial charge in [-0.2, -0.15) is 0 Å². The zero-order chi connectivity index (χ0) is 31.0. The molecule has 0 aliphatic rings. The summed E-state index contributed by atoms with van der Waals surface area (Å²) in [4.78, 5) is 35.5. The number of allylic oxidation sites excluding steroid dienone is 1. The second-order valence-electron chi connectivity index (χ2n) is 9.59. The molecule has 0 amide bonds. The van der Waals surface area contributed by atoms with Crippen LogP contribution in [0.15, 0.2) is 103 Å². The Bertz CT molecular complexity index is 1420. The number of carbonyl (C=O) groups is 3. The Kier molecular flexibility index (Phi) is 13.0. The van der Waals surface area contributed by atoms with Crippen LogP contribution < -0.4 is 9.47 Å². The summed E-state index contributed by atoms with van der Waals surface area (Å²) in [6, 6.07) is 22.3. The minimum atomic E-state index is -0.588. The molecule has 0 aliphatic carbocycles. The van der Waals surface area contributed by atoms with E-state index in [1.54, 1.807) is 25.1 Å². The van der Waals surface area contributed by atoms with Crippen LogP contribution in [0.5, 0.6) is 11.5 Å². The summed E-state index contributed by atoms with van der Waals surface area (Å²) in [6.45, 7) is 9.23. The summed E-state index contributed by atoms with van der Waals surface area (Å²) in [5.74, 6) is 0.232. The molecule has 8 heteroatoms. The van der Waals surface area contributed by atoms with Gasteiger partial charge in [-0.1, -0.05) is 67.8 Å². The molecule has 1 N–H and O–H groups in total. The van der Waals surface area contributed by atoms with Gasteiger partial charge >= 0.3 is 11.9 Å². The Labute approximate surface area is 251 Å². The minimum absolute atomic E-state index is 0.0364. The number of benzene rings is 3. The normalized spacial score (nSPS) is 10.7. The third-order valence-electron chi connectivity index (χ3n) is 6.12. The standard InChI is InChI=1S/C35H36O8/c1-25(2)34(38)43-23-22-41-32-17-13-29(14-18-32)28-9-11-30(12-10-28)33(37)19-8-27-6-15-31(16-7-27)40-20-4-5-21-42-35(39)26(3)24-36/h6-19,36H,1,3-5,20-24H2,2H3/b19-8+. The molecule has 43 heavy (non-hydrogen) atoms. The van der Waals surface area contributed by atoms with E-state index in [0.717, 1.165) is 16.7 Å². The highest BCUT2D eigenvalue weighted by molar-refractivity contribution is 6.07. The SMILES string of the molecule is C=C(C)C(=O)OCCOc1ccc(-c2ccc(C(=O)/C=C/c3ccc(OCCCCOC(=O)C(=C)CO)cc3)cc2)cc1. The molecule has 8 nitrogen and oxygen atoms in total. The Morgan fingerprint density at radius 2 is 1.23 bits per heavy atom. The first-order valence-corrected chi connectivity index (χ1v) is 13.8. The molecule has 0 saturated carbocycles. The number of ether oxygens (including phenoxy) is 4. The van der Waals surface area contributed by atoms with Gasteiger partial charge in [0.2, 0.25) is 0 Å². The van der Waals surface area contributed by atoms with Crippen molar-refractivity contribution in [2.45, 2.75) is 19.8 Å². The lowest BCUT2D eigenvalue weighted by atomic mass is 10.0. The predicted octanol–water partition coefficient (Wildman–Crippen LogP) is 6.00. The largest absolute Gasteiger partial charge is 0.494 e. The first-order valence-electron chi connectivity index (χ1n) is 13.8. The van der Waals surface area contributed by atoms with E-state index >= 15 is 0 Å². The summed E-state index contributed by atoms with van der Waals surface area (Å²) < 4.78 is 21.3. The second kappa shape index (κ2) is 17.1. The van der Waals surface area contributed by atoms with Crippen LogP contribution in [0, 0.1) is 0 Å². The number of esters is 2. The van der Waals surface area contributed by atoms with Crippen molar-refractivity contribution in [1.29, 1.82) is 0 Å². The van der Waals surface area contributed by atoms with E-state index in [9.17, 15) is 14.4 Å². The van der Waals surface area contributed by atoms with Crippen molar-refractivity contribution in [1.82, 2.24) is 0 Å². The van der Waals surface area contributed by atoms with Crippen LogP contribution in [0.3, 0.4) is 0 Å². The maximum atomic E-state index is 12.7. The van der Waals surface area contributed by atoms with Gasteiger partial charge in [0.15, 0.2) is 5.78 Å². The van der Waals surface area contributed by atoms with Gasteiger partial charge in [0.1, 0.15) is 24.7 Å². The molecule has 0 heterocycles. The molecular formula is C35H36O8. The lowest BCUT2D eigenvalue weighted by Crippen LogP contribution is -2.12. The molecule has 3 aromatic rings. The summed E-state index contributed by atoms with van der Waals surface area (Å²) in [6.07, 6.45) is 4.63. The Balaban J connectivity index is 1.41. The van der Waals surface area contributed by atoms with Crippen LogP contribution >= 0.6 is 0 Å². The van der Waals surface area contributed by atoms with E-state index in [2.05, 4.69) is 13.2 Å². The number of hydrogen-bond donors (Lipinski definition) is 1. The molecule has 0 bridgehead atoms. The van der Waals surface area contributed by atoms with Crippen LogP contribution in [0.4, 0.5) is 0 Å². The minimum Gasteiger partial charge on any atom is -0.494 e. The van der Waals surface area contributed by atoms with E-state index < -0.39 is 18.5 Å². The van der Waals surface area contributed by atoms with Crippen LogP contribution in [0.2, 0.25) is 0 Å². The van der Waals surface area contributed by atoms with Crippen molar-refractivity contribution in [2.24, 2.45) is 0 Å². The predicted molar refractivity (Wildman–Crippen MR) is 165 cm³/mol. The Morgan fingerprint density at radius 1 is 0.698 bits per heavy atom. The van der Waals surface area contributed by atoms with E-state index in [0.29, 0.717) is 42.1 Å². The number of rotatable bonds is 17. The Hall–Kier alpha value is -4.95. The molecule has 224 valence electrons. The summed E-state index contributed by atoms with van der Waals surface area (Å²) in [5, 5.41) is 8.84. The summed E-state index contributed by atoms with van der Waals surface area (Å²) in [7, 11) is 0. The molecule has 0 atom stereocenters. The molecule has 0 aliphatic heterocycles. The average molecular weight is 585 g/mol. The van der Waals surface area contributed by atoms with Gasteiger partial charge in [-0.25, -0.2) is 9.59 Å². The van der Waals surface area contributed by atoms with Crippen LogP contribution in [0.25, 0.3) is 17.2 Å². The smallest absolute Gasteiger partial charge is 0.335 e. The van der Waals surface area contributed by atoms with Crippen molar-refractivity contribution < 1.29 is 38.4 Å². The molecule has 0 aromatic heterocycles. The van der Waals surface area contributed by atoms with E-state index in [4.69, 9.17) is 24.1 Å². The van der Waals surface area contributed by atoms with Gasteiger partial charge < -0.3 is 24.1 Å². The van der Waals surface area contributed by atoms with Gasteiger partial charge in [0.05, 0.1) is 25.4 Å². The third-order valence-corrected chi connectivity index (χ3v) is 6.12. The second-order valence-corrected chi connectivity index (χ2v) is 9.59. The van der Waals surface area contributed by atoms with E-state index in [1.165, 1.54) is 6.08 Å². The third kappa shape index (κ3) is 11.1. The fourth-order valence-corrected chi connectivity index (χ4v) is 3.66. The fraction of sp³-hybridized carbons (Fsp3) is 0.229. The van der Waals surface area contributed by atoms with Gasteiger partial charge in [0, 0.05) is 11.1 Å². The first kappa shape index (κ1) is 32.6. The van der Waals surface area contributed by atoms with Gasteiger partial charge in [-0.15, -0.1) is 0 Å². The van der Waals surface area contributed by atoms with Crippen molar-refractivity contribution in [3.63, 3.8) is 0 Å². The van der Waals surface area contributed by atoms with Crippen LogP contribution in [0.1, 0.15) is 35.7 Å². The quantitative estimate of drug-likeness (QED) is 0.0891. The van der Waals surface area contributed by atoms with Crippen molar-refractivity contribution in [2.75, 3.05) is 33.0 Å². The van der Waals surface area contributed by atoms with Crippen molar-refractivity contribution in [3.8, 4) is 22.6 Å². The number of aliphatic hydroxyl groups excluding tert-OH is 1. The number of ketones is 1. The molecule has 0 saturated heterocycles. The van der Waals surface area contributed by atoms with Crippen molar-refractivity contribution in [3.05, 3.63) is 114 Å². The molecule has 3 aromatic carbocycles. The van der Waals surface area contributed by atoms with Gasteiger partial charge in [0.25, 0.3) is 0 Å². The fourth-order valence-electron chi connectivity index (χ4n) is 3.66. The monoisotopic (exact) mass is 584 g/mol. The lowest BCUT2D eigenvalue weighted by molar-refractivity contribution is -0.140. The highest BCUT2D eigenvalue weighted by Gasteiger charge is 2.07. The zero-order valence-corrected chi connectivity index (χ0v) is 24.3. The molecule has 0 unspecified atom stereocenters. The molecule has 0 radical (unpaired) electrons. The van der Waals surface area contributed by atoms with E-state index in [1.807, 2.05) is 60.7 Å². The zero-order valence-electron chi connectivity index (χ0n) is 24.3. The van der Waals surface area contributed by atoms with E-state index in [-0.39, 0.29) is 31.2 Å². The summed E-state index contributed by atoms with van der Waals surface area (Å²) in [5.41, 5.74) is 3.77. The maximum Gasteiger partial charge on any atom is 0.335 e. The van der Waals surface area contributed by atoms with Gasteiger partial charge in [-0.3, -0.25) is 4.79 Å². The van der Waals surface area contributed by atoms with Crippen LogP contribution in [-0.4, -0.2) is 55.9 Å². The number of hydrogen-bond acceptors (Lipinski definition) is 8. The van der Waals surface area contributed by atoms with Crippen LogP contribution in [-0.2, 0) is 19.1 Å². The topological polar surface area (TPSA) is 108 Å². The molecular weight excluding hydrogens is 548 g/mol. The highest BCUT2D eigenvalue weighted by Crippen LogP contribution is 2.23. The molecule has 0 spiro atoms. The molecule has 3 rings (SSSR count). The number of carbonyl (C=O) groups excluding carboxylic acids is 3. The van der Waals surface area contributed by atoms with Crippen molar-refractivity contribution >= 4 is 23.8 Å². The lowest BCUT2D eigenvalue weighted by Gasteiger charge is -2.08. The number of unbranched alkanes of at least 4 members (excludes halogenated alkanes) is 1. The first-order chi connectivity index (χ1) is 20.8. The average Bonchev–Trinajstić information content (AvgIpc) is 3.03. The van der Waals surface area contributed by atoms with Gasteiger partial charge in [-0.05, 0) is 66.8 Å². The Morgan fingerprint density at radius 3 is 1.84 bits per heavy atom. The maximum absolute atomic E-state index is 12.7.